The van der Waals surface area contributed by atoms with Crippen LogP contribution in [-0.2, 0) is 4.79 Å². The lowest BCUT2D eigenvalue weighted by molar-refractivity contribution is -0.123. The van der Waals surface area contributed by atoms with Crippen LogP contribution in [0.2, 0.25) is 0 Å². The molecule has 0 aliphatic carbocycles. The predicted molar refractivity (Wildman–Crippen MR) is 75.2 cm³/mol. The molecule has 0 bridgehead atoms. The Bertz CT molecular complexity index is 513. The Kier molecular flexibility index (Phi) is 4.11. The number of aryl methyl sites for hydroxylation is 1. The van der Waals surface area contributed by atoms with E-state index in [1.54, 1.807) is 4.90 Å². The van der Waals surface area contributed by atoms with Crippen molar-refractivity contribution in [2.24, 2.45) is 11.7 Å². The summed E-state index contributed by atoms with van der Waals surface area (Å²) in [5.41, 5.74) is 6.76. The average molecular weight is 278 g/mol. The molecule has 2 amide bonds. The molecule has 1 aliphatic rings. The van der Waals surface area contributed by atoms with Crippen LogP contribution in [0.5, 0.6) is 0 Å². The van der Waals surface area contributed by atoms with Crippen LogP contribution in [0.25, 0.3) is 0 Å². The Morgan fingerprint density at radius 3 is 2.40 bits per heavy atom. The van der Waals surface area contributed by atoms with E-state index in [-0.39, 0.29) is 23.8 Å². The monoisotopic (exact) mass is 278 g/mol. The van der Waals surface area contributed by atoms with E-state index < -0.39 is 0 Å². The van der Waals surface area contributed by atoms with Gasteiger partial charge in [-0.1, -0.05) is 0 Å². The molecule has 0 aromatic carbocycles. The molecular weight excluding hydrogens is 256 g/mol. The second-order valence-corrected chi connectivity index (χ2v) is 5.68. The summed E-state index contributed by atoms with van der Waals surface area (Å²) in [4.78, 5) is 25.3. The number of primary amides is 1. The van der Waals surface area contributed by atoms with Crippen LogP contribution in [0, 0.1) is 12.8 Å². The van der Waals surface area contributed by atoms with Gasteiger partial charge < -0.3 is 10.6 Å². The van der Waals surface area contributed by atoms with Gasteiger partial charge in [-0.05, 0) is 39.7 Å². The third-order valence-electron chi connectivity index (χ3n) is 3.82. The first-order chi connectivity index (χ1) is 9.40. The van der Waals surface area contributed by atoms with E-state index in [0.29, 0.717) is 31.6 Å². The molecule has 0 saturated carbocycles. The summed E-state index contributed by atoms with van der Waals surface area (Å²) in [6, 6.07) is 2.06. The van der Waals surface area contributed by atoms with Crippen LogP contribution in [0.4, 0.5) is 0 Å². The van der Waals surface area contributed by atoms with Crippen LogP contribution in [0.1, 0.15) is 48.9 Å². The molecule has 1 saturated heterocycles. The van der Waals surface area contributed by atoms with Gasteiger partial charge in [0.15, 0.2) is 5.69 Å². The van der Waals surface area contributed by atoms with Crippen LogP contribution in [0.15, 0.2) is 6.07 Å². The summed E-state index contributed by atoms with van der Waals surface area (Å²) in [5, 5.41) is 4.37. The molecule has 20 heavy (non-hydrogen) atoms. The summed E-state index contributed by atoms with van der Waals surface area (Å²) >= 11 is 0. The van der Waals surface area contributed by atoms with Gasteiger partial charge in [-0.3, -0.25) is 14.3 Å². The Balaban J connectivity index is 2.05. The molecule has 6 nitrogen and oxygen atoms in total. The molecule has 0 radical (unpaired) electrons. The second kappa shape index (κ2) is 5.64. The number of hydrogen-bond donors (Lipinski definition) is 1. The van der Waals surface area contributed by atoms with Crippen molar-refractivity contribution in [1.82, 2.24) is 14.7 Å². The molecule has 0 unspecified atom stereocenters. The number of carbonyl (C=O) groups is 2. The third kappa shape index (κ3) is 2.84. The summed E-state index contributed by atoms with van der Waals surface area (Å²) in [6.45, 7) is 7.16. The SMILES string of the molecule is Cc1cc(C(=O)N2CCC(C(N)=O)CC2)nn1C(C)C. The van der Waals surface area contributed by atoms with Crippen LogP contribution < -0.4 is 5.73 Å². The number of carbonyl (C=O) groups excluding carboxylic acids is 2. The fraction of sp³-hybridized carbons (Fsp3) is 0.643. The second-order valence-electron chi connectivity index (χ2n) is 5.68. The molecule has 2 N–H and O–H groups in total. The average Bonchev–Trinajstić information content (AvgIpc) is 2.80. The van der Waals surface area contributed by atoms with Crippen LogP contribution >= 0.6 is 0 Å². The van der Waals surface area contributed by atoms with Gasteiger partial charge in [0, 0.05) is 30.7 Å². The van der Waals surface area contributed by atoms with Crippen molar-refractivity contribution in [3.8, 4) is 0 Å². The van der Waals surface area contributed by atoms with Gasteiger partial charge in [0.2, 0.25) is 5.91 Å². The molecule has 0 atom stereocenters. The molecule has 6 heteroatoms. The highest BCUT2D eigenvalue weighted by atomic mass is 16.2. The van der Waals surface area contributed by atoms with Crippen molar-refractivity contribution in [1.29, 1.82) is 0 Å². The number of nitrogens with zero attached hydrogens (tertiary/aromatic N) is 3. The zero-order valence-electron chi connectivity index (χ0n) is 12.3. The smallest absolute Gasteiger partial charge is 0.274 e. The van der Waals surface area contributed by atoms with E-state index >= 15 is 0 Å². The lowest BCUT2D eigenvalue weighted by Crippen LogP contribution is -2.41. The van der Waals surface area contributed by atoms with E-state index in [4.69, 9.17) is 5.73 Å². The molecule has 1 aliphatic heterocycles. The van der Waals surface area contributed by atoms with E-state index in [1.165, 1.54) is 0 Å². The fourth-order valence-electron chi connectivity index (χ4n) is 2.64. The maximum Gasteiger partial charge on any atom is 0.274 e. The van der Waals surface area contributed by atoms with Crippen molar-refractivity contribution in [3.63, 3.8) is 0 Å². The normalized spacial score (nSPS) is 16.7. The molecule has 1 aromatic heterocycles. The Morgan fingerprint density at radius 2 is 1.95 bits per heavy atom. The summed E-state index contributed by atoms with van der Waals surface area (Å²) in [6.07, 6.45) is 1.29. The molecule has 2 heterocycles. The number of hydrogen-bond acceptors (Lipinski definition) is 3. The molecule has 110 valence electrons. The minimum Gasteiger partial charge on any atom is -0.369 e. The minimum absolute atomic E-state index is 0.0598. The largest absolute Gasteiger partial charge is 0.369 e. The standard InChI is InChI=1S/C14H22N4O2/c1-9(2)18-10(3)8-12(16-18)14(20)17-6-4-11(5-7-17)13(15)19/h8-9,11H,4-7H2,1-3H3,(H2,15,19). The minimum atomic E-state index is -0.267. The zero-order chi connectivity index (χ0) is 14.9. The number of amides is 2. The summed E-state index contributed by atoms with van der Waals surface area (Å²) in [7, 11) is 0. The fourth-order valence-corrected chi connectivity index (χ4v) is 2.64. The van der Waals surface area contributed by atoms with Gasteiger partial charge in [-0.2, -0.15) is 5.10 Å². The molecular formula is C14H22N4O2. The van der Waals surface area contributed by atoms with Gasteiger partial charge in [0.1, 0.15) is 0 Å². The van der Waals surface area contributed by atoms with E-state index in [2.05, 4.69) is 5.10 Å². The molecule has 2 rings (SSSR count). The quantitative estimate of drug-likeness (QED) is 0.899. The van der Waals surface area contributed by atoms with Gasteiger partial charge in [-0.25, -0.2) is 0 Å². The molecule has 1 fully saturated rings. The highest BCUT2D eigenvalue weighted by Crippen LogP contribution is 2.19. The highest BCUT2D eigenvalue weighted by molar-refractivity contribution is 5.92. The van der Waals surface area contributed by atoms with E-state index in [0.717, 1.165) is 5.69 Å². The Hall–Kier alpha value is -1.85. The van der Waals surface area contributed by atoms with Crippen molar-refractivity contribution in [2.75, 3.05) is 13.1 Å². The number of nitrogens with two attached hydrogens (primary N) is 1. The lowest BCUT2D eigenvalue weighted by Gasteiger charge is -2.30. The number of piperidine rings is 1. The number of likely N-dealkylation sites (tertiary alicyclic amines) is 1. The van der Waals surface area contributed by atoms with Gasteiger partial charge in [0.25, 0.3) is 5.91 Å². The van der Waals surface area contributed by atoms with Gasteiger partial charge >= 0.3 is 0 Å². The maximum atomic E-state index is 12.4. The Morgan fingerprint density at radius 1 is 1.35 bits per heavy atom. The number of rotatable bonds is 3. The zero-order valence-corrected chi connectivity index (χ0v) is 12.3. The number of aromatic nitrogens is 2. The first-order valence-electron chi connectivity index (χ1n) is 7.05. The van der Waals surface area contributed by atoms with Gasteiger partial charge in [-0.15, -0.1) is 0 Å². The summed E-state index contributed by atoms with van der Waals surface area (Å²) in [5.74, 6) is -0.429. The maximum absolute atomic E-state index is 12.4. The van der Waals surface area contributed by atoms with Crippen LogP contribution in [0.3, 0.4) is 0 Å². The molecule has 0 spiro atoms. The van der Waals surface area contributed by atoms with Crippen molar-refractivity contribution in [2.45, 2.75) is 39.7 Å². The van der Waals surface area contributed by atoms with Crippen molar-refractivity contribution in [3.05, 3.63) is 17.5 Å². The topological polar surface area (TPSA) is 81.2 Å². The first-order valence-corrected chi connectivity index (χ1v) is 7.05. The summed E-state index contributed by atoms with van der Waals surface area (Å²) < 4.78 is 1.85. The van der Waals surface area contributed by atoms with Crippen molar-refractivity contribution < 1.29 is 9.59 Å². The van der Waals surface area contributed by atoms with Gasteiger partial charge in [0.05, 0.1) is 0 Å². The Labute approximate surface area is 118 Å². The highest BCUT2D eigenvalue weighted by Gasteiger charge is 2.27. The predicted octanol–water partition coefficient (Wildman–Crippen LogP) is 1.11. The van der Waals surface area contributed by atoms with E-state index in [9.17, 15) is 9.59 Å². The third-order valence-corrected chi connectivity index (χ3v) is 3.82. The van der Waals surface area contributed by atoms with Crippen molar-refractivity contribution >= 4 is 11.8 Å². The molecule has 1 aromatic rings. The van der Waals surface area contributed by atoms with Crippen LogP contribution in [-0.4, -0.2) is 39.6 Å². The lowest BCUT2D eigenvalue weighted by atomic mass is 9.96. The van der Waals surface area contributed by atoms with E-state index in [1.807, 2.05) is 31.5 Å². The first kappa shape index (κ1) is 14.6.